The molecule has 8 heteroatoms. The van der Waals surface area contributed by atoms with Crippen molar-refractivity contribution >= 4 is 21.8 Å². The number of tetrazole rings is 1. The van der Waals surface area contributed by atoms with Crippen molar-refractivity contribution in [3.05, 3.63) is 40.6 Å². The molecule has 122 valence electrons. The highest BCUT2D eigenvalue weighted by atomic mass is 79.9. The molecule has 1 N–H and O–H groups in total. The number of halogens is 1. The number of rotatable bonds is 5. The molecule has 1 aromatic carbocycles. The van der Waals surface area contributed by atoms with Crippen LogP contribution in [-0.2, 0) is 21.5 Å². The molecular weight excluding hydrogens is 362 g/mol. The first kappa shape index (κ1) is 16.1. The van der Waals surface area contributed by atoms with Crippen LogP contribution in [0.5, 0.6) is 0 Å². The fourth-order valence-corrected chi connectivity index (χ4v) is 3.27. The molecule has 1 saturated heterocycles. The Morgan fingerprint density at radius 3 is 2.91 bits per heavy atom. The van der Waals surface area contributed by atoms with E-state index >= 15 is 0 Å². The van der Waals surface area contributed by atoms with Gasteiger partial charge in [0, 0.05) is 29.6 Å². The molecule has 0 saturated carbocycles. The lowest BCUT2D eigenvalue weighted by molar-refractivity contribution is -0.122. The minimum absolute atomic E-state index is 0.0989. The molecule has 0 aliphatic carbocycles. The SMILES string of the molecule is O=C(Cn1cnnn1)NCC1(c2cccc(Br)c2)CCOCC1. The van der Waals surface area contributed by atoms with Gasteiger partial charge >= 0.3 is 0 Å². The van der Waals surface area contributed by atoms with Crippen LogP contribution < -0.4 is 5.32 Å². The van der Waals surface area contributed by atoms with E-state index in [9.17, 15) is 4.79 Å². The molecule has 0 bridgehead atoms. The highest BCUT2D eigenvalue weighted by Crippen LogP contribution is 2.35. The van der Waals surface area contributed by atoms with Crippen molar-refractivity contribution in [2.24, 2.45) is 0 Å². The molecule has 1 amide bonds. The minimum atomic E-state index is -0.0989. The van der Waals surface area contributed by atoms with Crippen molar-refractivity contribution in [1.29, 1.82) is 0 Å². The number of nitrogens with zero attached hydrogens (tertiary/aromatic N) is 4. The van der Waals surface area contributed by atoms with Crippen LogP contribution in [0.2, 0.25) is 0 Å². The van der Waals surface area contributed by atoms with E-state index in [0.717, 1.165) is 17.3 Å². The van der Waals surface area contributed by atoms with Crippen LogP contribution in [0.15, 0.2) is 35.1 Å². The fraction of sp³-hybridized carbons (Fsp3) is 0.467. The Balaban J connectivity index is 1.70. The summed E-state index contributed by atoms with van der Waals surface area (Å²) in [6.45, 7) is 2.11. The van der Waals surface area contributed by atoms with Gasteiger partial charge in [0.1, 0.15) is 12.9 Å². The quantitative estimate of drug-likeness (QED) is 0.846. The summed E-state index contributed by atoms with van der Waals surface area (Å²) >= 11 is 3.53. The molecule has 1 aromatic heterocycles. The second-order valence-corrected chi connectivity index (χ2v) is 6.60. The number of nitrogens with one attached hydrogen (secondary N) is 1. The second kappa shape index (κ2) is 7.18. The van der Waals surface area contributed by atoms with Gasteiger partial charge in [0.15, 0.2) is 0 Å². The van der Waals surface area contributed by atoms with Gasteiger partial charge in [-0.3, -0.25) is 4.79 Å². The number of benzene rings is 1. The first-order valence-electron chi connectivity index (χ1n) is 7.49. The predicted molar refractivity (Wildman–Crippen MR) is 86.7 cm³/mol. The van der Waals surface area contributed by atoms with Crippen molar-refractivity contribution in [2.75, 3.05) is 19.8 Å². The molecular formula is C15H18BrN5O2. The van der Waals surface area contributed by atoms with Crippen molar-refractivity contribution in [2.45, 2.75) is 24.8 Å². The van der Waals surface area contributed by atoms with Crippen molar-refractivity contribution in [3.63, 3.8) is 0 Å². The van der Waals surface area contributed by atoms with E-state index in [1.54, 1.807) is 0 Å². The Hall–Kier alpha value is -1.80. The molecule has 1 fully saturated rings. The zero-order valence-corrected chi connectivity index (χ0v) is 14.2. The first-order chi connectivity index (χ1) is 11.2. The number of carbonyl (C=O) groups is 1. The number of aromatic nitrogens is 4. The van der Waals surface area contributed by atoms with Gasteiger partial charge in [-0.25, -0.2) is 4.68 Å². The third-order valence-electron chi connectivity index (χ3n) is 4.21. The van der Waals surface area contributed by atoms with Crippen molar-refractivity contribution in [1.82, 2.24) is 25.5 Å². The molecule has 7 nitrogen and oxygen atoms in total. The number of hydrogen-bond acceptors (Lipinski definition) is 5. The number of amides is 1. The number of carbonyl (C=O) groups excluding carboxylic acids is 1. The van der Waals surface area contributed by atoms with E-state index in [-0.39, 0.29) is 17.9 Å². The Morgan fingerprint density at radius 2 is 2.22 bits per heavy atom. The summed E-state index contributed by atoms with van der Waals surface area (Å²) in [4.78, 5) is 12.1. The average Bonchev–Trinajstić information content (AvgIpc) is 3.07. The monoisotopic (exact) mass is 379 g/mol. The standard InChI is InChI=1S/C15H18BrN5O2/c16-13-3-1-2-12(8-13)15(4-6-23-7-5-15)10-17-14(22)9-21-11-18-19-20-21/h1-3,8,11H,4-7,9-10H2,(H,17,22). The maximum absolute atomic E-state index is 12.1. The van der Waals surface area contributed by atoms with Crippen molar-refractivity contribution in [3.8, 4) is 0 Å². The smallest absolute Gasteiger partial charge is 0.241 e. The number of ether oxygens (including phenoxy) is 1. The fourth-order valence-electron chi connectivity index (χ4n) is 2.87. The maximum Gasteiger partial charge on any atom is 0.241 e. The summed E-state index contributed by atoms with van der Waals surface area (Å²) in [5, 5.41) is 13.8. The molecule has 23 heavy (non-hydrogen) atoms. The highest BCUT2D eigenvalue weighted by Gasteiger charge is 2.35. The van der Waals surface area contributed by atoms with E-state index in [0.29, 0.717) is 19.8 Å². The van der Waals surface area contributed by atoms with Gasteiger partial charge < -0.3 is 10.1 Å². The Morgan fingerprint density at radius 1 is 1.39 bits per heavy atom. The summed E-state index contributed by atoms with van der Waals surface area (Å²) in [5.74, 6) is -0.0989. The molecule has 0 atom stereocenters. The molecule has 1 aliphatic heterocycles. The van der Waals surface area contributed by atoms with Gasteiger partial charge in [0.25, 0.3) is 0 Å². The lowest BCUT2D eigenvalue weighted by Crippen LogP contribution is -2.45. The van der Waals surface area contributed by atoms with Crippen LogP contribution in [0.4, 0.5) is 0 Å². The van der Waals surface area contributed by atoms with Crippen molar-refractivity contribution < 1.29 is 9.53 Å². The first-order valence-corrected chi connectivity index (χ1v) is 8.29. The normalized spacial score (nSPS) is 16.9. The summed E-state index contributed by atoms with van der Waals surface area (Å²) in [6, 6.07) is 8.27. The van der Waals surface area contributed by atoms with Gasteiger partial charge in [0.2, 0.25) is 5.91 Å². The maximum atomic E-state index is 12.1. The molecule has 2 aromatic rings. The summed E-state index contributed by atoms with van der Waals surface area (Å²) in [7, 11) is 0. The van der Waals surface area contributed by atoms with Crippen LogP contribution in [0, 0.1) is 0 Å². The van der Waals surface area contributed by atoms with E-state index in [1.807, 2.05) is 12.1 Å². The van der Waals surface area contributed by atoms with Crippen LogP contribution in [-0.4, -0.2) is 45.9 Å². The lowest BCUT2D eigenvalue weighted by Gasteiger charge is -2.38. The van der Waals surface area contributed by atoms with Crippen LogP contribution >= 0.6 is 15.9 Å². The molecule has 0 radical (unpaired) electrons. The molecule has 1 aliphatic rings. The van der Waals surface area contributed by atoms with Gasteiger partial charge in [0.05, 0.1) is 0 Å². The Labute approximate surface area is 142 Å². The van der Waals surface area contributed by atoms with E-state index in [1.165, 1.54) is 16.6 Å². The number of hydrogen-bond donors (Lipinski definition) is 1. The van der Waals surface area contributed by atoms with E-state index in [4.69, 9.17) is 4.74 Å². The highest BCUT2D eigenvalue weighted by molar-refractivity contribution is 9.10. The Kier molecular flexibility index (Phi) is 5.02. The van der Waals surface area contributed by atoms with Crippen LogP contribution in [0.1, 0.15) is 18.4 Å². The third kappa shape index (κ3) is 3.94. The third-order valence-corrected chi connectivity index (χ3v) is 4.70. The summed E-state index contributed by atoms with van der Waals surface area (Å²) < 4.78 is 7.96. The average molecular weight is 380 g/mol. The predicted octanol–water partition coefficient (Wildman–Crippen LogP) is 1.30. The molecule has 3 rings (SSSR count). The summed E-state index contributed by atoms with van der Waals surface area (Å²) in [6.07, 6.45) is 3.20. The van der Waals surface area contributed by atoms with Crippen LogP contribution in [0.3, 0.4) is 0 Å². The van der Waals surface area contributed by atoms with Gasteiger partial charge in [-0.1, -0.05) is 28.1 Å². The molecule has 0 spiro atoms. The topological polar surface area (TPSA) is 81.9 Å². The van der Waals surface area contributed by atoms with Gasteiger partial charge in [-0.05, 0) is 41.0 Å². The lowest BCUT2D eigenvalue weighted by atomic mass is 9.74. The largest absolute Gasteiger partial charge is 0.381 e. The zero-order valence-electron chi connectivity index (χ0n) is 12.6. The van der Waals surface area contributed by atoms with E-state index < -0.39 is 0 Å². The molecule has 0 unspecified atom stereocenters. The minimum Gasteiger partial charge on any atom is -0.381 e. The zero-order chi connectivity index (χ0) is 16.1. The second-order valence-electron chi connectivity index (χ2n) is 5.69. The van der Waals surface area contributed by atoms with E-state index in [2.05, 4.69) is 48.9 Å². The summed E-state index contributed by atoms with van der Waals surface area (Å²) in [5.41, 5.74) is 1.12. The van der Waals surface area contributed by atoms with Crippen LogP contribution in [0.25, 0.3) is 0 Å². The van der Waals surface area contributed by atoms with Gasteiger partial charge in [-0.15, -0.1) is 5.10 Å². The molecule has 2 heterocycles. The Bertz CT molecular complexity index is 656. The van der Waals surface area contributed by atoms with Gasteiger partial charge in [-0.2, -0.15) is 0 Å².